The van der Waals surface area contributed by atoms with Crippen LogP contribution in [-0.4, -0.2) is 46.3 Å². The maximum Gasteiger partial charge on any atom is 0.273 e. The molecule has 1 atom stereocenters. The van der Waals surface area contributed by atoms with Gasteiger partial charge in [-0.2, -0.15) is 0 Å². The monoisotopic (exact) mass is 502 g/mol. The van der Waals surface area contributed by atoms with Gasteiger partial charge in [0, 0.05) is 31.4 Å². The summed E-state index contributed by atoms with van der Waals surface area (Å²) < 4.78 is 14.6. The van der Waals surface area contributed by atoms with Crippen molar-refractivity contribution in [2.75, 3.05) is 13.6 Å². The number of amides is 2. The molecule has 0 aliphatic rings. The van der Waals surface area contributed by atoms with E-state index in [1.54, 1.807) is 61.5 Å². The van der Waals surface area contributed by atoms with Gasteiger partial charge in [0.2, 0.25) is 0 Å². The second-order valence-corrected chi connectivity index (χ2v) is 9.61. The number of carbonyl (C=O) groups is 2. The number of thiazole rings is 1. The van der Waals surface area contributed by atoms with E-state index in [2.05, 4.69) is 15.3 Å². The van der Waals surface area contributed by atoms with Crippen LogP contribution in [0.5, 0.6) is 0 Å². The number of nitrogens with zero attached hydrogens (tertiary/aromatic N) is 3. The molecular weight excluding hydrogens is 475 g/mol. The van der Waals surface area contributed by atoms with Crippen LogP contribution in [-0.2, 0) is 6.42 Å². The van der Waals surface area contributed by atoms with Crippen LogP contribution in [0.15, 0.2) is 79.0 Å². The van der Waals surface area contributed by atoms with Crippen molar-refractivity contribution in [3.05, 3.63) is 107 Å². The Labute approximate surface area is 213 Å². The number of rotatable bonds is 9. The van der Waals surface area contributed by atoms with E-state index < -0.39 is 5.82 Å². The largest absolute Gasteiger partial charge is 0.351 e. The van der Waals surface area contributed by atoms with E-state index in [4.69, 9.17) is 0 Å². The van der Waals surface area contributed by atoms with Gasteiger partial charge in [-0.1, -0.05) is 54.6 Å². The van der Waals surface area contributed by atoms with Crippen molar-refractivity contribution in [3.8, 4) is 10.4 Å². The lowest BCUT2D eigenvalue weighted by Gasteiger charge is -2.28. The Morgan fingerprint density at radius 1 is 1.03 bits per heavy atom. The molecule has 0 spiro atoms. The zero-order chi connectivity index (χ0) is 25.5. The lowest BCUT2D eigenvalue weighted by molar-refractivity contribution is 0.0718. The maximum absolute atomic E-state index is 14.6. The van der Waals surface area contributed by atoms with Gasteiger partial charge in [0.1, 0.15) is 17.2 Å². The number of aromatic nitrogens is 2. The van der Waals surface area contributed by atoms with E-state index in [1.165, 1.54) is 17.4 Å². The molecule has 6 nitrogen and oxygen atoms in total. The molecule has 36 heavy (non-hydrogen) atoms. The predicted molar refractivity (Wildman–Crippen MR) is 139 cm³/mol. The molecule has 0 bridgehead atoms. The Hall–Kier alpha value is -3.91. The van der Waals surface area contributed by atoms with Crippen LogP contribution >= 0.6 is 11.3 Å². The van der Waals surface area contributed by atoms with Crippen molar-refractivity contribution in [3.63, 3.8) is 0 Å². The standard InChI is InChI=1S/C28H27FN4O2S/c1-19-32-25(26(36-19)22-12-6-7-13-23(22)29)28(35)33(2)21(18-20-10-4-3-5-11-20)15-17-31-27(34)24-14-8-9-16-30-24/h3-14,16,21H,15,17-18H2,1-2H3,(H,31,34). The van der Waals surface area contributed by atoms with Gasteiger partial charge >= 0.3 is 0 Å². The molecule has 2 amide bonds. The van der Waals surface area contributed by atoms with Crippen LogP contribution in [0.4, 0.5) is 4.39 Å². The molecular formula is C28H27FN4O2S. The summed E-state index contributed by atoms with van der Waals surface area (Å²) in [5.74, 6) is -0.939. The maximum atomic E-state index is 14.6. The highest BCUT2D eigenvalue weighted by Gasteiger charge is 2.27. The summed E-state index contributed by atoms with van der Waals surface area (Å²) in [6.07, 6.45) is 2.69. The Morgan fingerprint density at radius 3 is 2.47 bits per heavy atom. The second-order valence-electron chi connectivity index (χ2n) is 8.41. The summed E-state index contributed by atoms with van der Waals surface area (Å²) in [4.78, 5) is 36.8. The minimum atomic E-state index is -0.393. The average molecular weight is 503 g/mol. The number of hydrogen-bond donors (Lipinski definition) is 1. The Bertz CT molecular complexity index is 1330. The van der Waals surface area contributed by atoms with E-state index in [9.17, 15) is 14.0 Å². The van der Waals surface area contributed by atoms with Gasteiger partial charge in [0.05, 0.1) is 9.88 Å². The van der Waals surface area contributed by atoms with Gasteiger partial charge in [-0.3, -0.25) is 14.6 Å². The van der Waals surface area contributed by atoms with Gasteiger partial charge in [-0.25, -0.2) is 9.37 Å². The molecule has 4 aromatic rings. The number of aryl methyl sites for hydroxylation is 1. The van der Waals surface area contributed by atoms with Gasteiger partial charge in [-0.15, -0.1) is 11.3 Å². The summed E-state index contributed by atoms with van der Waals surface area (Å²) >= 11 is 1.30. The van der Waals surface area contributed by atoms with Crippen LogP contribution < -0.4 is 5.32 Å². The van der Waals surface area contributed by atoms with Crippen LogP contribution in [0.2, 0.25) is 0 Å². The summed E-state index contributed by atoms with van der Waals surface area (Å²) in [6.45, 7) is 2.17. The molecule has 0 fully saturated rings. The highest BCUT2D eigenvalue weighted by atomic mass is 32.1. The van der Waals surface area contributed by atoms with E-state index in [0.717, 1.165) is 5.56 Å². The first-order valence-corrected chi connectivity index (χ1v) is 12.5. The molecule has 0 saturated heterocycles. The minimum Gasteiger partial charge on any atom is -0.351 e. The van der Waals surface area contributed by atoms with Crippen LogP contribution in [0, 0.1) is 12.7 Å². The lowest BCUT2D eigenvalue weighted by atomic mass is 10.0. The first kappa shape index (κ1) is 25.2. The number of nitrogens with one attached hydrogen (secondary N) is 1. The molecule has 2 aromatic carbocycles. The van der Waals surface area contributed by atoms with E-state index >= 15 is 0 Å². The predicted octanol–water partition coefficient (Wildman–Crippen LogP) is 5.16. The number of carbonyl (C=O) groups excluding carboxylic acids is 2. The number of halogens is 1. The zero-order valence-electron chi connectivity index (χ0n) is 20.1. The molecule has 8 heteroatoms. The number of pyridine rings is 1. The van der Waals surface area contributed by atoms with Crippen molar-refractivity contribution in [2.24, 2.45) is 0 Å². The topological polar surface area (TPSA) is 75.2 Å². The SMILES string of the molecule is Cc1nc(C(=O)N(C)C(CCNC(=O)c2ccccn2)Cc2ccccc2)c(-c2ccccc2F)s1. The third-order valence-corrected chi connectivity index (χ3v) is 6.90. The van der Waals surface area contributed by atoms with E-state index in [-0.39, 0.29) is 23.6 Å². The molecule has 0 radical (unpaired) electrons. The highest BCUT2D eigenvalue weighted by molar-refractivity contribution is 7.15. The quantitative estimate of drug-likeness (QED) is 0.343. The summed E-state index contributed by atoms with van der Waals surface area (Å²) in [5.41, 5.74) is 2.01. The third-order valence-electron chi connectivity index (χ3n) is 5.90. The first-order valence-electron chi connectivity index (χ1n) is 11.7. The summed E-state index contributed by atoms with van der Waals surface area (Å²) in [5, 5.41) is 3.58. The van der Waals surface area contributed by atoms with Crippen molar-refractivity contribution < 1.29 is 14.0 Å². The van der Waals surface area contributed by atoms with Gasteiger partial charge in [0.25, 0.3) is 11.8 Å². The van der Waals surface area contributed by atoms with Gasteiger partial charge < -0.3 is 10.2 Å². The lowest BCUT2D eigenvalue weighted by Crippen LogP contribution is -2.41. The normalized spacial score (nSPS) is 11.6. The number of benzene rings is 2. The number of hydrogen-bond acceptors (Lipinski definition) is 5. The molecule has 2 aromatic heterocycles. The summed E-state index contributed by atoms with van der Waals surface area (Å²) in [6, 6.07) is 21.2. The Kier molecular flexibility index (Phi) is 8.17. The van der Waals surface area contributed by atoms with E-state index in [1.807, 2.05) is 30.3 Å². The second kappa shape index (κ2) is 11.7. The summed E-state index contributed by atoms with van der Waals surface area (Å²) in [7, 11) is 1.73. The third kappa shape index (κ3) is 6.01. The molecule has 1 unspecified atom stereocenters. The van der Waals surface area contributed by atoms with Crippen LogP contribution in [0.25, 0.3) is 10.4 Å². The molecule has 4 rings (SSSR count). The molecule has 0 aliphatic carbocycles. The Morgan fingerprint density at radius 2 is 1.75 bits per heavy atom. The van der Waals surface area contributed by atoms with E-state index in [0.29, 0.717) is 40.5 Å². The molecule has 184 valence electrons. The fourth-order valence-corrected chi connectivity index (χ4v) is 4.93. The highest BCUT2D eigenvalue weighted by Crippen LogP contribution is 2.33. The fraction of sp³-hybridized carbons (Fsp3) is 0.214. The first-order chi connectivity index (χ1) is 17.4. The van der Waals surface area contributed by atoms with Crippen molar-refractivity contribution >= 4 is 23.2 Å². The van der Waals surface area contributed by atoms with Crippen LogP contribution in [0.3, 0.4) is 0 Å². The molecule has 0 saturated carbocycles. The van der Waals surface area contributed by atoms with Crippen LogP contribution in [0.1, 0.15) is 38.0 Å². The number of likely N-dealkylation sites (N-methyl/N-ethyl adjacent to an activating group) is 1. The fourth-order valence-electron chi connectivity index (χ4n) is 3.99. The molecule has 2 heterocycles. The minimum absolute atomic E-state index is 0.223. The Balaban J connectivity index is 1.55. The molecule has 1 N–H and O–H groups in total. The van der Waals surface area contributed by atoms with Gasteiger partial charge in [-0.05, 0) is 43.5 Å². The zero-order valence-corrected chi connectivity index (χ0v) is 21.0. The molecule has 0 aliphatic heterocycles. The average Bonchev–Trinajstić information content (AvgIpc) is 3.29. The van der Waals surface area contributed by atoms with Crippen molar-refractivity contribution in [1.29, 1.82) is 0 Å². The van der Waals surface area contributed by atoms with Gasteiger partial charge in [0.15, 0.2) is 0 Å². The van der Waals surface area contributed by atoms with Crippen molar-refractivity contribution in [1.82, 2.24) is 20.2 Å². The van der Waals surface area contributed by atoms with Crippen molar-refractivity contribution in [2.45, 2.75) is 25.8 Å². The smallest absolute Gasteiger partial charge is 0.273 e.